The number of carbonyl (C=O) groups is 1. The van der Waals surface area contributed by atoms with Crippen molar-refractivity contribution >= 4 is 21.4 Å². The largest absolute Gasteiger partial charge is 0.466 e. The number of fused-ring (bicyclic) bond motifs is 1. The summed E-state index contributed by atoms with van der Waals surface area (Å²) >= 11 is 0. The van der Waals surface area contributed by atoms with Gasteiger partial charge in [0.25, 0.3) is 0 Å². The van der Waals surface area contributed by atoms with Gasteiger partial charge in [0.15, 0.2) is 9.84 Å². The number of benzene rings is 1. The van der Waals surface area contributed by atoms with Gasteiger partial charge in [-0.2, -0.15) is 0 Å². The Kier molecular flexibility index (Phi) is 3.02. The summed E-state index contributed by atoms with van der Waals surface area (Å²) < 4.78 is 28.2. The summed E-state index contributed by atoms with van der Waals surface area (Å²) in [7, 11) is -1.91. The predicted molar refractivity (Wildman–Crippen MR) is 63.1 cm³/mol. The van der Waals surface area contributed by atoms with Crippen molar-refractivity contribution in [3.05, 3.63) is 35.9 Å². The second-order valence-corrected chi connectivity index (χ2v) is 5.84. The number of hydrogen-bond acceptors (Lipinski definition) is 4. The summed E-state index contributed by atoms with van der Waals surface area (Å²) in [6.45, 7) is 0. The lowest BCUT2D eigenvalue weighted by Gasteiger charge is -2.18. The first-order valence-corrected chi connectivity index (χ1v) is 6.80. The number of methoxy groups -OCH3 is 1. The number of carbonyl (C=O) groups excluding carboxylic acids is 1. The first kappa shape index (κ1) is 11.9. The maximum Gasteiger partial charge on any atom is 0.330 e. The Balaban J connectivity index is 2.57. The van der Waals surface area contributed by atoms with E-state index < -0.39 is 15.8 Å². The molecule has 0 N–H and O–H groups in total. The monoisotopic (exact) mass is 252 g/mol. The van der Waals surface area contributed by atoms with Gasteiger partial charge in [0.1, 0.15) is 0 Å². The van der Waals surface area contributed by atoms with Crippen LogP contribution in [0.5, 0.6) is 0 Å². The van der Waals surface area contributed by atoms with Crippen LogP contribution in [0.4, 0.5) is 0 Å². The van der Waals surface area contributed by atoms with E-state index in [9.17, 15) is 13.2 Å². The molecule has 1 aliphatic heterocycles. The van der Waals surface area contributed by atoms with Crippen molar-refractivity contribution in [3.8, 4) is 0 Å². The average Bonchev–Trinajstić information content (AvgIpc) is 2.33. The molecule has 4 nitrogen and oxygen atoms in total. The molecule has 0 radical (unpaired) electrons. The van der Waals surface area contributed by atoms with Gasteiger partial charge in [0.2, 0.25) is 0 Å². The zero-order valence-electron chi connectivity index (χ0n) is 9.34. The quantitative estimate of drug-likeness (QED) is 0.560. The van der Waals surface area contributed by atoms with E-state index in [0.29, 0.717) is 22.5 Å². The van der Waals surface area contributed by atoms with Crippen LogP contribution in [0.2, 0.25) is 0 Å². The third kappa shape index (κ3) is 2.24. The maximum atomic E-state index is 11.8. The Morgan fingerprint density at radius 2 is 2.06 bits per heavy atom. The first-order valence-electron chi connectivity index (χ1n) is 5.15. The second kappa shape index (κ2) is 4.33. The summed E-state index contributed by atoms with van der Waals surface area (Å²) in [5.41, 5.74) is 1.31. The molecule has 1 aromatic carbocycles. The molecule has 0 unspecified atom stereocenters. The molecule has 5 heteroatoms. The van der Waals surface area contributed by atoms with Gasteiger partial charge in [0.05, 0.1) is 17.8 Å². The fraction of sp³-hybridized carbons (Fsp3) is 0.250. The maximum absolute atomic E-state index is 11.8. The molecule has 0 atom stereocenters. The van der Waals surface area contributed by atoms with Crippen LogP contribution < -0.4 is 0 Å². The Morgan fingerprint density at radius 3 is 2.76 bits per heavy atom. The van der Waals surface area contributed by atoms with Crippen LogP contribution in [-0.4, -0.2) is 27.2 Å². The highest BCUT2D eigenvalue weighted by molar-refractivity contribution is 7.91. The molecule has 0 aromatic heterocycles. The first-order chi connectivity index (χ1) is 8.04. The van der Waals surface area contributed by atoms with Crippen LogP contribution in [0.1, 0.15) is 12.0 Å². The molecule has 1 heterocycles. The number of sulfone groups is 1. The van der Waals surface area contributed by atoms with Gasteiger partial charge in [-0.1, -0.05) is 18.2 Å². The molecule has 0 fully saturated rings. The molecule has 0 spiro atoms. The lowest BCUT2D eigenvalue weighted by Crippen LogP contribution is -2.16. The third-order valence-corrected chi connectivity index (χ3v) is 4.47. The minimum absolute atomic E-state index is 0.0346. The van der Waals surface area contributed by atoms with E-state index in [1.54, 1.807) is 24.3 Å². The van der Waals surface area contributed by atoms with Crippen LogP contribution in [0.3, 0.4) is 0 Å². The van der Waals surface area contributed by atoms with Gasteiger partial charge >= 0.3 is 5.97 Å². The zero-order chi connectivity index (χ0) is 12.5. The van der Waals surface area contributed by atoms with E-state index in [1.807, 2.05) is 0 Å². The lowest BCUT2D eigenvalue weighted by molar-refractivity contribution is -0.134. The normalized spacial score (nSPS) is 19.7. The summed E-state index contributed by atoms with van der Waals surface area (Å²) in [5, 5.41) is 0. The molecule has 0 amide bonds. The van der Waals surface area contributed by atoms with Gasteiger partial charge in [-0.15, -0.1) is 0 Å². The summed E-state index contributed by atoms with van der Waals surface area (Å²) in [6.07, 6.45) is 1.70. The van der Waals surface area contributed by atoms with E-state index in [2.05, 4.69) is 4.74 Å². The lowest BCUT2D eigenvalue weighted by atomic mass is 10.0. The molecule has 0 saturated heterocycles. The van der Waals surface area contributed by atoms with Crippen molar-refractivity contribution in [1.82, 2.24) is 0 Å². The number of allylic oxidation sites excluding steroid dienone is 1. The molecular formula is C12H12O4S. The van der Waals surface area contributed by atoms with Crippen LogP contribution in [-0.2, 0) is 19.4 Å². The number of hydrogen-bond donors (Lipinski definition) is 0. The minimum Gasteiger partial charge on any atom is -0.466 e. The van der Waals surface area contributed by atoms with Gasteiger partial charge in [-0.3, -0.25) is 0 Å². The van der Waals surface area contributed by atoms with Crippen molar-refractivity contribution < 1.29 is 17.9 Å². The Labute approximate surface area is 99.8 Å². The number of rotatable bonds is 1. The van der Waals surface area contributed by atoms with Gasteiger partial charge in [0, 0.05) is 6.08 Å². The highest BCUT2D eigenvalue weighted by atomic mass is 32.2. The predicted octanol–water partition coefficient (Wildman–Crippen LogP) is 1.42. The van der Waals surface area contributed by atoms with Crippen molar-refractivity contribution in [2.24, 2.45) is 0 Å². The van der Waals surface area contributed by atoms with Crippen molar-refractivity contribution in [3.63, 3.8) is 0 Å². The fourth-order valence-electron chi connectivity index (χ4n) is 1.84. The fourth-order valence-corrected chi connectivity index (χ4v) is 3.37. The second-order valence-electron chi connectivity index (χ2n) is 3.76. The standard InChI is InChI=1S/C12H12O4S/c1-16-12(13)8-9-6-7-17(14,15)11-5-3-2-4-10(9)11/h2-5,8H,6-7H2,1H3/b9-8-. The SMILES string of the molecule is COC(=O)/C=C1/CCS(=O)(=O)c2ccccc21. The molecular weight excluding hydrogens is 240 g/mol. The van der Waals surface area contributed by atoms with Crippen LogP contribution in [0.15, 0.2) is 35.2 Å². The highest BCUT2D eigenvalue weighted by Gasteiger charge is 2.26. The van der Waals surface area contributed by atoms with E-state index in [1.165, 1.54) is 13.2 Å². The van der Waals surface area contributed by atoms with Crippen LogP contribution in [0.25, 0.3) is 5.57 Å². The summed E-state index contributed by atoms with van der Waals surface area (Å²) in [5.74, 6) is -0.429. The molecule has 1 aliphatic rings. The zero-order valence-corrected chi connectivity index (χ0v) is 10.2. The van der Waals surface area contributed by atoms with Crippen LogP contribution in [0, 0.1) is 0 Å². The number of ether oxygens (including phenoxy) is 1. The smallest absolute Gasteiger partial charge is 0.330 e. The van der Waals surface area contributed by atoms with E-state index in [0.717, 1.165) is 0 Å². The molecule has 0 saturated carbocycles. The van der Waals surface area contributed by atoms with Gasteiger partial charge in [-0.05, 0) is 23.6 Å². The average molecular weight is 252 g/mol. The molecule has 0 bridgehead atoms. The molecule has 0 aliphatic carbocycles. The van der Waals surface area contributed by atoms with Crippen LogP contribution >= 0.6 is 0 Å². The van der Waals surface area contributed by atoms with E-state index in [-0.39, 0.29) is 5.75 Å². The van der Waals surface area contributed by atoms with Crippen molar-refractivity contribution in [1.29, 1.82) is 0 Å². The van der Waals surface area contributed by atoms with E-state index >= 15 is 0 Å². The Bertz CT molecular complexity index is 584. The summed E-state index contributed by atoms with van der Waals surface area (Å²) in [6, 6.07) is 6.71. The molecule has 1 aromatic rings. The van der Waals surface area contributed by atoms with Gasteiger partial charge in [-0.25, -0.2) is 13.2 Å². The third-order valence-electron chi connectivity index (χ3n) is 2.70. The Hall–Kier alpha value is -1.62. The summed E-state index contributed by atoms with van der Waals surface area (Å²) in [4.78, 5) is 11.5. The molecule has 17 heavy (non-hydrogen) atoms. The topological polar surface area (TPSA) is 60.4 Å². The Morgan fingerprint density at radius 1 is 1.35 bits per heavy atom. The van der Waals surface area contributed by atoms with Gasteiger partial charge < -0.3 is 4.74 Å². The highest BCUT2D eigenvalue weighted by Crippen LogP contribution is 2.32. The molecule has 2 rings (SSSR count). The number of esters is 1. The minimum atomic E-state index is -3.21. The molecule has 90 valence electrons. The van der Waals surface area contributed by atoms with E-state index in [4.69, 9.17) is 0 Å². The van der Waals surface area contributed by atoms with Crippen molar-refractivity contribution in [2.75, 3.05) is 12.9 Å². The van der Waals surface area contributed by atoms with Crippen molar-refractivity contribution in [2.45, 2.75) is 11.3 Å².